The van der Waals surface area contributed by atoms with E-state index in [9.17, 15) is 0 Å². The van der Waals surface area contributed by atoms with E-state index in [1.165, 1.54) is 6.42 Å². The van der Waals surface area contributed by atoms with Crippen LogP contribution in [-0.4, -0.2) is 23.8 Å². The molecule has 0 saturated heterocycles. The monoisotopic (exact) mass is 245 g/mol. The molecular weight excluding hydrogens is 230 g/mol. The SMILES string of the molecule is Cc1ccc(CN(C)CCCBr)o1. The van der Waals surface area contributed by atoms with E-state index in [-0.39, 0.29) is 0 Å². The number of aryl methyl sites for hydroxylation is 1. The summed E-state index contributed by atoms with van der Waals surface area (Å²) < 4.78 is 5.48. The van der Waals surface area contributed by atoms with Gasteiger partial charge in [-0.15, -0.1) is 0 Å². The predicted octanol–water partition coefficient (Wildman–Crippen LogP) is 2.80. The largest absolute Gasteiger partial charge is 0.465 e. The Kier molecular flexibility index (Phi) is 4.53. The van der Waals surface area contributed by atoms with Crippen LogP contribution in [0.15, 0.2) is 16.5 Å². The lowest BCUT2D eigenvalue weighted by molar-refractivity contribution is 0.294. The summed E-state index contributed by atoms with van der Waals surface area (Å²) in [6.45, 7) is 3.98. The van der Waals surface area contributed by atoms with Crippen molar-refractivity contribution in [2.24, 2.45) is 0 Å². The molecule has 0 radical (unpaired) electrons. The van der Waals surface area contributed by atoms with Crippen LogP contribution in [0.25, 0.3) is 0 Å². The van der Waals surface area contributed by atoms with Crippen molar-refractivity contribution >= 4 is 15.9 Å². The molecule has 0 aromatic carbocycles. The van der Waals surface area contributed by atoms with Crippen LogP contribution >= 0.6 is 15.9 Å². The second-order valence-corrected chi connectivity index (χ2v) is 4.09. The second-order valence-electron chi connectivity index (χ2n) is 3.29. The Morgan fingerprint density at radius 1 is 1.46 bits per heavy atom. The van der Waals surface area contributed by atoms with Crippen molar-refractivity contribution in [1.29, 1.82) is 0 Å². The Morgan fingerprint density at radius 3 is 2.77 bits per heavy atom. The van der Waals surface area contributed by atoms with Gasteiger partial charge >= 0.3 is 0 Å². The van der Waals surface area contributed by atoms with Crippen molar-refractivity contribution in [2.45, 2.75) is 19.9 Å². The predicted molar refractivity (Wildman–Crippen MR) is 58.2 cm³/mol. The molecule has 0 aliphatic rings. The molecule has 0 amide bonds. The molecule has 13 heavy (non-hydrogen) atoms. The van der Waals surface area contributed by atoms with Gasteiger partial charge in [0.05, 0.1) is 6.54 Å². The topological polar surface area (TPSA) is 16.4 Å². The summed E-state index contributed by atoms with van der Waals surface area (Å²) >= 11 is 3.42. The second kappa shape index (κ2) is 5.45. The first-order valence-corrected chi connectivity index (χ1v) is 5.64. The maximum absolute atomic E-state index is 5.48. The van der Waals surface area contributed by atoms with E-state index < -0.39 is 0 Å². The fourth-order valence-corrected chi connectivity index (χ4v) is 1.50. The molecule has 0 aliphatic heterocycles. The standard InChI is InChI=1S/C10H16BrNO/c1-9-4-5-10(13-9)8-12(2)7-3-6-11/h4-5H,3,6-8H2,1-2H3. The quantitative estimate of drug-likeness (QED) is 0.743. The van der Waals surface area contributed by atoms with Gasteiger partial charge < -0.3 is 4.42 Å². The average molecular weight is 246 g/mol. The van der Waals surface area contributed by atoms with Crippen LogP contribution in [0.2, 0.25) is 0 Å². The van der Waals surface area contributed by atoms with Crippen LogP contribution in [0.3, 0.4) is 0 Å². The van der Waals surface area contributed by atoms with Crippen molar-refractivity contribution in [3.05, 3.63) is 23.7 Å². The van der Waals surface area contributed by atoms with E-state index in [1.807, 2.05) is 19.1 Å². The molecule has 0 bridgehead atoms. The molecule has 0 atom stereocenters. The molecule has 1 aromatic heterocycles. The lowest BCUT2D eigenvalue weighted by Gasteiger charge is -2.13. The molecule has 0 saturated carbocycles. The lowest BCUT2D eigenvalue weighted by atomic mass is 10.4. The molecule has 0 unspecified atom stereocenters. The molecule has 1 rings (SSSR count). The highest BCUT2D eigenvalue weighted by atomic mass is 79.9. The van der Waals surface area contributed by atoms with Gasteiger partial charge in [-0.3, -0.25) is 4.90 Å². The minimum atomic E-state index is 0.904. The molecular formula is C10H16BrNO. The molecule has 1 heterocycles. The highest BCUT2D eigenvalue weighted by Gasteiger charge is 2.02. The third-order valence-electron chi connectivity index (χ3n) is 1.90. The fourth-order valence-electron chi connectivity index (χ4n) is 1.24. The van der Waals surface area contributed by atoms with Crippen LogP contribution in [-0.2, 0) is 6.54 Å². The molecule has 3 heteroatoms. The number of rotatable bonds is 5. The Bertz CT molecular complexity index is 247. The fraction of sp³-hybridized carbons (Fsp3) is 0.600. The summed E-state index contributed by atoms with van der Waals surface area (Å²) in [5.41, 5.74) is 0. The van der Waals surface area contributed by atoms with E-state index in [0.717, 1.165) is 29.9 Å². The number of nitrogens with zero attached hydrogens (tertiary/aromatic N) is 1. The van der Waals surface area contributed by atoms with Gasteiger partial charge in [0.25, 0.3) is 0 Å². The van der Waals surface area contributed by atoms with Crippen LogP contribution < -0.4 is 0 Å². The van der Waals surface area contributed by atoms with Gasteiger partial charge in [0.15, 0.2) is 0 Å². The van der Waals surface area contributed by atoms with Gasteiger partial charge in [-0.25, -0.2) is 0 Å². The number of halogens is 1. The van der Waals surface area contributed by atoms with Gasteiger partial charge in [0.2, 0.25) is 0 Å². The van der Waals surface area contributed by atoms with Crippen LogP contribution in [0, 0.1) is 6.92 Å². The molecule has 2 nitrogen and oxygen atoms in total. The van der Waals surface area contributed by atoms with Crippen molar-refractivity contribution in [3.8, 4) is 0 Å². The first-order chi connectivity index (χ1) is 6.22. The van der Waals surface area contributed by atoms with Gasteiger partial charge in [0.1, 0.15) is 11.5 Å². The third kappa shape index (κ3) is 3.96. The average Bonchev–Trinajstić information content (AvgIpc) is 2.48. The summed E-state index contributed by atoms with van der Waals surface area (Å²) in [7, 11) is 2.11. The van der Waals surface area contributed by atoms with Crippen molar-refractivity contribution in [3.63, 3.8) is 0 Å². The molecule has 0 fully saturated rings. The van der Waals surface area contributed by atoms with Crippen molar-refractivity contribution < 1.29 is 4.42 Å². The molecule has 74 valence electrons. The first kappa shape index (κ1) is 10.8. The normalized spacial score (nSPS) is 11.1. The van der Waals surface area contributed by atoms with Crippen LogP contribution in [0.1, 0.15) is 17.9 Å². The maximum Gasteiger partial charge on any atom is 0.118 e. The van der Waals surface area contributed by atoms with E-state index in [2.05, 4.69) is 27.9 Å². The molecule has 1 aromatic rings. The number of hydrogen-bond donors (Lipinski definition) is 0. The van der Waals surface area contributed by atoms with Gasteiger partial charge in [-0.2, -0.15) is 0 Å². The molecule has 0 N–H and O–H groups in total. The summed E-state index contributed by atoms with van der Waals surface area (Å²) in [5, 5.41) is 1.06. The zero-order chi connectivity index (χ0) is 9.68. The zero-order valence-corrected chi connectivity index (χ0v) is 9.80. The Labute approximate surface area is 88.0 Å². The summed E-state index contributed by atoms with van der Waals surface area (Å²) in [6, 6.07) is 4.05. The smallest absolute Gasteiger partial charge is 0.118 e. The lowest BCUT2D eigenvalue weighted by Crippen LogP contribution is -2.18. The van der Waals surface area contributed by atoms with Crippen molar-refractivity contribution in [1.82, 2.24) is 4.90 Å². The van der Waals surface area contributed by atoms with E-state index in [0.29, 0.717) is 0 Å². The third-order valence-corrected chi connectivity index (χ3v) is 2.46. The summed E-state index contributed by atoms with van der Waals surface area (Å²) in [4.78, 5) is 2.26. The number of alkyl halides is 1. The Morgan fingerprint density at radius 2 is 2.23 bits per heavy atom. The van der Waals surface area contributed by atoms with Crippen LogP contribution in [0.4, 0.5) is 0 Å². The Hall–Kier alpha value is -0.280. The van der Waals surface area contributed by atoms with E-state index >= 15 is 0 Å². The van der Waals surface area contributed by atoms with Crippen LogP contribution in [0.5, 0.6) is 0 Å². The summed E-state index contributed by atoms with van der Waals surface area (Å²) in [6.07, 6.45) is 1.18. The molecule has 0 spiro atoms. The maximum atomic E-state index is 5.48. The van der Waals surface area contributed by atoms with E-state index in [4.69, 9.17) is 4.42 Å². The van der Waals surface area contributed by atoms with Crippen molar-refractivity contribution in [2.75, 3.05) is 18.9 Å². The van der Waals surface area contributed by atoms with Gasteiger partial charge in [0, 0.05) is 5.33 Å². The minimum Gasteiger partial charge on any atom is -0.465 e. The zero-order valence-electron chi connectivity index (χ0n) is 8.22. The first-order valence-electron chi connectivity index (χ1n) is 4.52. The Balaban J connectivity index is 2.31. The minimum absolute atomic E-state index is 0.904. The highest BCUT2D eigenvalue weighted by Crippen LogP contribution is 2.08. The summed E-state index contributed by atoms with van der Waals surface area (Å²) in [5.74, 6) is 2.04. The van der Waals surface area contributed by atoms with E-state index in [1.54, 1.807) is 0 Å². The van der Waals surface area contributed by atoms with Gasteiger partial charge in [-0.05, 0) is 39.1 Å². The molecule has 0 aliphatic carbocycles. The van der Waals surface area contributed by atoms with Gasteiger partial charge in [-0.1, -0.05) is 15.9 Å². The highest BCUT2D eigenvalue weighted by molar-refractivity contribution is 9.09. The number of hydrogen-bond acceptors (Lipinski definition) is 2. The number of furan rings is 1.